The van der Waals surface area contributed by atoms with Gasteiger partial charge in [-0.15, -0.1) is 0 Å². The van der Waals surface area contributed by atoms with Gasteiger partial charge in [0.05, 0.1) is 6.04 Å². The van der Waals surface area contributed by atoms with E-state index in [-0.39, 0.29) is 29.1 Å². The van der Waals surface area contributed by atoms with Crippen LogP contribution in [0.2, 0.25) is 5.02 Å². The second-order valence-electron chi connectivity index (χ2n) is 6.03. The third kappa shape index (κ3) is 4.45. The molecule has 0 saturated heterocycles. The largest absolute Gasteiger partial charge is 0.344 e. The molecule has 0 fully saturated rings. The molecule has 1 N–H and O–H groups in total. The van der Waals surface area contributed by atoms with Crippen LogP contribution >= 0.6 is 11.6 Å². The summed E-state index contributed by atoms with van der Waals surface area (Å²) < 4.78 is 1.32. The molecule has 0 spiro atoms. The van der Waals surface area contributed by atoms with Crippen molar-refractivity contribution in [2.45, 2.75) is 39.8 Å². The van der Waals surface area contributed by atoms with Gasteiger partial charge in [0.25, 0.3) is 11.5 Å². The monoisotopic (exact) mass is 347 g/mol. The zero-order chi connectivity index (χ0) is 17.7. The average Bonchev–Trinajstić information content (AvgIpc) is 2.55. The number of nitrogens with zero attached hydrogens (tertiary/aromatic N) is 2. The number of aromatic nitrogens is 2. The van der Waals surface area contributed by atoms with Crippen molar-refractivity contribution in [2.24, 2.45) is 5.92 Å². The van der Waals surface area contributed by atoms with E-state index in [1.807, 2.05) is 32.9 Å². The van der Waals surface area contributed by atoms with Gasteiger partial charge in [0.1, 0.15) is 5.69 Å². The SMILES string of the molecule is CCCn1nc(C(=O)NC(c2ccc(Cl)cc2)C(C)C)ccc1=O. The summed E-state index contributed by atoms with van der Waals surface area (Å²) in [5, 5.41) is 7.80. The molecule has 0 saturated carbocycles. The number of nitrogens with one attached hydrogen (secondary N) is 1. The number of rotatable bonds is 6. The van der Waals surface area contributed by atoms with E-state index in [2.05, 4.69) is 10.4 Å². The smallest absolute Gasteiger partial charge is 0.272 e. The molecule has 1 unspecified atom stereocenters. The highest BCUT2D eigenvalue weighted by atomic mass is 35.5. The fraction of sp³-hybridized carbons (Fsp3) is 0.389. The van der Waals surface area contributed by atoms with Crippen molar-refractivity contribution < 1.29 is 4.79 Å². The fourth-order valence-electron chi connectivity index (χ4n) is 2.46. The highest BCUT2D eigenvalue weighted by Crippen LogP contribution is 2.23. The van der Waals surface area contributed by atoms with Crippen molar-refractivity contribution in [2.75, 3.05) is 0 Å². The second kappa shape index (κ2) is 8.11. The Morgan fingerprint density at radius 1 is 1.21 bits per heavy atom. The first-order valence-corrected chi connectivity index (χ1v) is 8.44. The highest BCUT2D eigenvalue weighted by Gasteiger charge is 2.20. The molecule has 0 radical (unpaired) electrons. The van der Waals surface area contributed by atoms with Gasteiger partial charge in [0, 0.05) is 17.6 Å². The van der Waals surface area contributed by atoms with Crippen molar-refractivity contribution in [3.63, 3.8) is 0 Å². The van der Waals surface area contributed by atoms with Crippen molar-refractivity contribution in [3.05, 3.63) is 63.0 Å². The summed E-state index contributed by atoms with van der Waals surface area (Å²) in [6, 6.07) is 10.1. The second-order valence-corrected chi connectivity index (χ2v) is 6.46. The third-order valence-electron chi connectivity index (χ3n) is 3.72. The molecule has 0 aliphatic rings. The van der Waals surface area contributed by atoms with E-state index >= 15 is 0 Å². The summed E-state index contributed by atoms with van der Waals surface area (Å²) >= 11 is 5.93. The van der Waals surface area contributed by atoms with Gasteiger partial charge in [-0.2, -0.15) is 5.10 Å². The lowest BCUT2D eigenvalue weighted by atomic mass is 9.96. The van der Waals surface area contributed by atoms with Crippen LogP contribution in [0.5, 0.6) is 0 Å². The molecule has 1 aromatic carbocycles. The van der Waals surface area contributed by atoms with E-state index < -0.39 is 0 Å². The number of carbonyl (C=O) groups excluding carboxylic acids is 1. The van der Waals surface area contributed by atoms with Crippen LogP contribution in [0.15, 0.2) is 41.2 Å². The van der Waals surface area contributed by atoms with Crippen molar-refractivity contribution in [1.29, 1.82) is 0 Å². The molecule has 0 bridgehead atoms. The van der Waals surface area contributed by atoms with Crippen LogP contribution in [-0.2, 0) is 6.54 Å². The Morgan fingerprint density at radius 3 is 2.46 bits per heavy atom. The maximum Gasteiger partial charge on any atom is 0.272 e. The zero-order valence-corrected chi connectivity index (χ0v) is 14.9. The first kappa shape index (κ1) is 18.2. The first-order valence-electron chi connectivity index (χ1n) is 8.07. The van der Waals surface area contributed by atoms with E-state index in [0.717, 1.165) is 12.0 Å². The number of hydrogen-bond donors (Lipinski definition) is 1. The lowest BCUT2D eigenvalue weighted by molar-refractivity contribution is 0.0918. The molecule has 2 rings (SSSR count). The lowest BCUT2D eigenvalue weighted by Crippen LogP contribution is -2.34. The summed E-state index contributed by atoms with van der Waals surface area (Å²) in [6.07, 6.45) is 0.775. The summed E-state index contributed by atoms with van der Waals surface area (Å²) in [7, 11) is 0. The van der Waals surface area contributed by atoms with Crippen LogP contribution < -0.4 is 10.9 Å². The summed E-state index contributed by atoms with van der Waals surface area (Å²) in [5.74, 6) is -0.106. The van der Waals surface area contributed by atoms with Crippen LogP contribution in [0.4, 0.5) is 0 Å². The van der Waals surface area contributed by atoms with E-state index in [0.29, 0.717) is 11.6 Å². The topological polar surface area (TPSA) is 64.0 Å². The van der Waals surface area contributed by atoms with Crippen molar-refractivity contribution in [1.82, 2.24) is 15.1 Å². The Morgan fingerprint density at radius 2 is 1.88 bits per heavy atom. The predicted octanol–water partition coefficient (Wildman–Crippen LogP) is 3.43. The Kier molecular flexibility index (Phi) is 6.15. The van der Waals surface area contributed by atoms with Gasteiger partial charge in [-0.3, -0.25) is 9.59 Å². The van der Waals surface area contributed by atoms with E-state index in [1.54, 1.807) is 12.1 Å². The molecule has 1 aromatic heterocycles. The molecule has 0 aliphatic carbocycles. The Labute approximate surface area is 146 Å². The van der Waals surface area contributed by atoms with Crippen LogP contribution in [0.25, 0.3) is 0 Å². The first-order chi connectivity index (χ1) is 11.4. The standard InChI is InChI=1S/C18H22ClN3O2/c1-4-11-22-16(23)10-9-15(21-22)18(24)20-17(12(2)3)13-5-7-14(19)8-6-13/h5-10,12,17H,4,11H2,1-3H3,(H,20,24). The molecule has 0 aliphatic heterocycles. The molecule has 1 heterocycles. The van der Waals surface area contributed by atoms with Gasteiger partial charge in [-0.05, 0) is 36.1 Å². The fourth-order valence-corrected chi connectivity index (χ4v) is 2.59. The van der Waals surface area contributed by atoms with E-state index in [1.165, 1.54) is 16.8 Å². The van der Waals surface area contributed by atoms with Crippen LogP contribution in [-0.4, -0.2) is 15.7 Å². The number of aryl methyl sites for hydroxylation is 1. The number of carbonyl (C=O) groups is 1. The molecule has 2 aromatic rings. The lowest BCUT2D eigenvalue weighted by Gasteiger charge is -2.23. The molecule has 1 amide bonds. The quantitative estimate of drug-likeness (QED) is 0.870. The van der Waals surface area contributed by atoms with Gasteiger partial charge < -0.3 is 5.32 Å². The number of halogens is 1. The Balaban J connectivity index is 2.23. The molecular formula is C18H22ClN3O2. The predicted molar refractivity (Wildman–Crippen MR) is 95.3 cm³/mol. The van der Waals surface area contributed by atoms with Crippen LogP contribution in [0.3, 0.4) is 0 Å². The number of hydrogen-bond acceptors (Lipinski definition) is 3. The molecule has 1 atom stereocenters. The normalized spacial score (nSPS) is 12.2. The molecule has 5 nitrogen and oxygen atoms in total. The van der Waals surface area contributed by atoms with Crippen molar-refractivity contribution in [3.8, 4) is 0 Å². The molecule has 24 heavy (non-hydrogen) atoms. The molecule has 128 valence electrons. The maximum atomic E-state index is 12.6. The highest BCUT2D eigenvalue weighted by molar-refractivity contribution is 6.30. The Hall–Kier alpha value is -2.14. The van der Waals surface area contributed by atoms with Crippen molar-refractivity contribution >= 4 is 17.5 Å². The molecular weight excluding hydrogens is 326 g/mol. The van der Waals surface area contributed by atoms with Gasteiger partial charge >= 0.3 is 0 Å². The minimum Gasteiger partial charge on any atom is -0.344 e. The zero-order valence-electron chi connectivity index (χ0n) is 14.1. The number of benzene rings is 1. The number of amides is 1. The van der Waals surface area contributed by atoms with Gasteiger partial charge in [-0.1, -0.05) is 44.5 Å². The molecule has 6 heteroatoms. The van der Waals surface area contributed by atoms with Crippen LogP contribution in [0, 0.1) is 5.92 Å². The maximum absolute atomic E-state index is 12.6. The van der Waals surface area contributed by atoms with Gasteiger partial charge in [0.2, 0.25) is 0 Å². The summed E-state index contributed by atoms with van der Waals surface area (Å²) in [4.78, 5) is 24.3. The minimum atomic E-state index is -0.298. The van der Waals surface area contributed by atoms with Gasteiger partial charge in [-0.25, -0.2) is 4.68 Å². The van der Waals surface area contributed by atoms with E-state index in [9.17, 15) is 9.59 Å². The summed E-state index contributed by atoms with van der Waals surface area (Å²) in [5.41, 5.74) is 1.01. The Bertz CT molecular complexity index is 754. The van der Waals surface area contributed by atoms with Crippen LogP contribution in [0.1, 0.15) is 49.3 Å². The third-order valence-corrected chi connectivity index (χ3v) is 3.97. The average molecular weight is 348 g/mol. The minimum absolute atomic E-state index is 0.164. The summed E-state index contributed by atoms with van der Waals surface area (Å²) in [6.45, 7) is 6.51. The van der Waals surface area contributed by atoms with E-state index in [4.69, 9.17) is 11.6 Å². The van der Waals surface area contributed by atoms with Gasteiger partial charge in [0.15, 0.2) is 0 Å².